The largest absolute Gasteiger partial charge is 0.382 e. The molecule has 0 atom stereocenters. The molecule has 1 N–H and O–H groups in total. The second-order valence-corrected chi connectivity index (χ2v) is 15.2. The summed E-state index contributed by atoms with van der Waals surface area (Å²) in [7, 11) is -13.3. The molecule has 2 heterocycles. The molecule has 1 aliphatic carbocycles. The van der Waals surface area contributed by atoms with E-state index in [-0.39, 0.29) is 22.5 Å². The van der Waals surface area contributed by atoms with Gasteiger partial charge in [-0.2, -0.15) is 0 Å². The summed E-state index contributed by atoms with van der Waals surface area (Å²) in [5.74, 6) is 1.02. The van der Waals surface area contributed by atoms with Crippen molar-refractivity contribution < 1.29 is 27.8 Å². The van der Waals surface area contributed by atoms with E-state index in [4.69, 9.17) is 0 Å². The molecule has 1 fully saturated rings. The Morgan fingerprint density at radius 3 is 2.00 bits per heavy atom. The fourth-order valence-corrected chi connectivity index (χ4v) is 7.51. The minimum Gasteiger partial charge on any atom is -0.382 e. The third-order valence-corrected chi connectivity index (χ3v) is 10.7. The highest BCUT2D eigenvalue weighted by atomic mass is 32.5. The van der Waals surface area contributed by atoms with E-state index in [0.29, 0.717) is 37.8 Å². The molecule has 2 aromatic carbocycles. The maximum atomic E-state index is 13.3. The number of hydrogen-bond donors (Lipinski definition) is 1. The summed E-state index contributed by atoms with van der Waals surface area (Å²) in [5, 5.41) is 10.9. The molecule has 2 aromatic heterocycles. The molecule has 6 nitrogen and oxygen atoms in total. The number of benzene rings is 2. The second kappa shape index (κ2) is 9.16. The van der Waals surface area contributed by atoms with Gasteiger partial charge in [0.05, 0.1) is 10.1 Å². The maximum Gasteiger partial charge on any atom is 0.310 e. The number of nitrogens with one attached hydrogen (secondary N) is 1. The Hall–Kier alpha value is -3.19. The molecule has 0 bridgehead atoms. The van der Waals surface area contributed by atoms with E-state index >= 15 is 0 Å². The average molecular weight is 601 g/mol. The van der Waals surface area contributed by atoms with E-state index in [9.17, 15) is 27.8 Å². The normalized spacial score (nSPS) is 20.3. The molecule has 5 rings (SSSR count). The summed E-state index contributed by atoms with van der Waals surface area (Å²) in [6.07, 6.45) is 3.62. The molecular formula is C27H29F5N4O2S2. The summed E-state index contributed by atoms with van der Waals surface area (Å²) < 4.78 is 93.3. The molecule has 0 unspecified atom stereocenters. The molecule has 4 aromatic rings. The number of aromatic nitrogens is 3. The van der Waals surface area contributed by atoms with Crippen molar-refractivity contribution in [2.45, 2.75) is 66.5 Å². The monoisotopic (exact) mass is 600 g/mol. The lowest BCUT2D eigenvalue weighted by Crippen LogP contribution is -2.32. The number of sulfone groups is 1. The minimum atomic E-state index is -9.72. The second-order valence-electron chi connectivity index (χ2n) is 10.5. The summed E-state index contributed by atoms with van der Waals surface area (Å²) in [5.41, 5.74) is 2.77. The van der Waals surface area contributed by atoms with Gasteiger partial charge in [-0.15, -0.1) is 10.2 Å². The Balaban J connectivity index is 1.24. The highest BCUT2D eigenvalue weighted by molar-refractivity contribution is 8.45. The first kappa shape index (κ1) is 28.3. The number of rotatable bonds is 7. The van der Waals surface area contributed by atoms with Crippen molar-refractivity contribution >= 4 is 31.4 Å². The molecule has 1 aliphatic rings. The van der Waals surface area contributed by atoms with Crippen molar-refractivity contribution in [2.24, 2.45) is 0 Å². The van der Waals surface area contributed by atoms with Gasteiger partial charge < -0.3 is 5.32 Å². The zero-order valence-electron chi connectivity index (χ0n) is 21.8. The van der Waals surface area contributed by atoms with Gasteiger partial charge in [0.15, 0.2) is 15.5 Å². The van der Waals surface area contributed by atoms with E-state index in [0.717, 1.165) is 34.7 Å². The SMILES string of the molecule is CC(C)c1nnc2ccc(-c3ccc(S(=O)(=O)C4CCC(Nc5ccc(S(F)(F)(F)(F)F)cc5)CC4)cc3)cn12. The molecule has 1 saturated carbocycles. The van der Waals surface area contributed by atoms with E-state index < -0.39 is 30.2 Å². The summed E-state index contributed by atoms with van der Waals surface area (Å²) >= 11 is 0. The van der Waals surface area contributed by atoms with Gasteiger partial charge in [-0.3, -0.25) is 4.40 Å². The smallest absolute Gasteiger partial charge is 0.310 e. The van der Waals surface area contributed by atoms with Gasteiger partial charge in [0, 0.05) is 23.8 Å². The summed E-state index contributed by atoms with van der Waals surface area (Å²) in [6, 6.07) is 13.1. The van der Waals surface area contributed by atoms with Crippen LogP contribution in [0.15, 0.2) is 76.7 Å². The van der Waals surface area contributed by atoms with Crippen LogP contribution in [0.3, 0.4) is 0 Å². The molecule has 0 amide bonds. The van der Waals surface area contributed by atoms with Crippen molar-refractivity contribution in [3.05, 3.63) is 72.7 Å². The van der Waals surface area contributed by atoms with Gasteiger partial charge in [0.2, 0.25) is 0 Å². The van der Waals surface area contributed by atoms with Crippen LogP contribution in [0.25, 0.3) is 16.8 Å². The number of nitrogens with zero attached hydrogens (tertiary/aromatic N) is 3. The van der Waals surface area contributed by atoms with Crippen LogP contribution in [0.4, 0.5) is 25.1 Å². The Morgan fingerprint density at radius 1 is 0.825 bits per heavy atom. The number of halogens is 5. The van der Waals surface area contributed by atoms with Gasteiger partial charge in [0.25, 0.3) is 0 Å². The predicted molar refractivity (Wildman–Crippen MR) is 147 cm³/mol. The first-order valence-corrected chi connectivity index (χ1v) is 16.3. The van der Waals surface area contributed by atoms with Gasteiger partial charge in [-0.25, -0.2) is 8.42 Å². The van der Waals surface area contributed by atoms with E-state index in [1.807, 2.05) is 36.6 Å². The Morgan fingerprint density at radius 2 is 1.43 bits per heavy atom. The van der Waals surface area contributed by atoms with E-state index in [1.165, 1.54) is 0 Å². The molecule has 40 heavy (non-hydrogen) atoms. The number of anilines is 1. The number of fused-ring (bicyclic) bond motifs is 1. The highest BCUT2D eigenvalue weighted by Gasteiger charge is 2.65. The molecule has 0 aliphatic heterocycles. The number of pyridine rings is 1. The van der Waals surface area contributed by atoms with Crippen LogP contribution in [-0.2, 0) is 9.84 Å². The van der Waals surface area contributed by atoms with Crippen LogP contribution >= 0.6 is 10.2 Å². The molecule has 0 saturated heterocycles. The molecular weight excluding hydrogens is 571 g/mol. The van der Waals surface area contributed by atoms with Crippen LogP contribution in [0, 0.1) is 0 Å². The zero-order chi connectivity index (χ0) is 29.0. The quantitative estimate of drug-likeness (QED) is 0.216. The molecule has 0 radical (unpaired) electrons. The number of hydrogen-bond acceptors (Lipinski definition) is 5. The Labute approximate surface area is 229 Å². The third-order valence-electron chi connectivity index (χ3n) is 7.24. The van der Waals surface area contributed by atoms with Crippen molar-refractivity contribution in [3.63, 3.8) is 0 Å². The third kappa shape index (κ3) is 5.80. The van der Waals surface area contributed by atoms with Crippen LogP contribution in [0.5, 0.6) is 0 Å². The average Bonchev–Trinajstić information content (AvgIpc) is 3.32. The van der Waals surface area contributed by atoms with E-state index in [1.54, 1.807) is 24.3 Å². The Kier molecular flexibility index (Phi) is 6.49. The molecule has 13 heteroatoms. The van der Waals surface area contributed by atoms with Crippen molar-refractivity contribution in [1.82, 2.24) is 14.6 Å². The fraction of sp³-hybridized carbons (Fsp3) is 0.333. The lowest BCUT2D eigenvalue weighted by molar-refractivity contribution is 0.364. The van der Waals surface area contributed by atoms with Crippen LogP contribution in [0.2, 0.25) is 0 Å². The predicted octanol–water partition coefficient (Wildman–Crippen LogP) is 8.37. The van der Waals surface area contributed by atoms with Crippen LogP contribution in [0.1, 0.15) is 51.3 Å². The minimum absolute atomic E-state index is 0.178. The van der Waals surface area contributed by atoms with E-state index in [2.05, 4.69) is 15.5 Å². The van der Waals surface area contributed by atoms with Crippen LogP contribution < -0.4 is 5.32 Å². The van der Waals surface area contributed by atoms with Crippen molar-refractivity contribution in [3.8, 4) is 11.1 Å². The lowest BCUT2D eigenvalue weighted by atomic mass is 9.95. The molecule has 216 valence electrons. The summed E-state index contributed by atoms with van der Waals surface area (Å²) in [6.45, 7) is 4.07. The highest BCUT2D eigenvalue weighted by Crippen LogP contribution is 3.02. The first-order valence-electron chi connectivity index (χ1n) is 12.8. The van der Waals surface area contributed by atoms with Gasteiger partial charge in [0.1, 0.15) is 10.7 Å². The zero-order valence-corrected chi connectivity index (χ0v) is 23.4. The summed E-state index contributed by atoms with van der Waals surface area (Å²) in [4.78, 5) is -1.71. The lowest BCUT2D eigenvalue weighted by Gasteiger charge is -2.40. The first-order chi connectivity index (χ1) is 18.5. The van der Waals surface area contributed by atoms with Gasteiger partial charge in [-0.1, -0.05) is 45.4 Å². The van der Waals surface area contributed by atoms with Crippen molar-refractivity contribution in [2.75, 3.05) is 5.32 Å². The topological polar surface area (TPSA) is 76.4 Å². The maximum absolute atomic E-state index is 13.3. The van der Waals surface area contributed by atoms with Crippen LogP contribution in [-0.4, -0.2) is 34.3 Å². The molecule has 0 spiro atoms. The standard InChI is InChI=1S/C27H29F5N4O2S2/c1-18(2)27-35-34-26-16-5-20(17-36(26)27)19-3-10-23(11-4-19)39(37,38)24-12-6-21(7-13-24)33-22-8-14-25(15-9-22)40(28,29,30,31)32/h3-5,8-11,14-18,21,24,33H,6-7,12-13H2,1-2H3. The Bertz CT molecular complexity index is 1650. The van der Waals surface area contributed by atoms with Crippen molar-refractivity contribution in [1.29, 1.82) is 0 Å². The van der Waals surface area contributed by atoms with Gasteiger partial charge in [-0.05, 0) is 85.3 Å². The fourth-order valence-electron chi connectivity index (χ4n) is 5.06. The van der Waals surface area contributed by atoms with Gasteiger partial charge >= 0.3 is 10.2 Å².